The first-order chi connectivity index (χ1) is 10.2. The van der Waals surface area contributed by atoms with Crippen molar-refractivity contribution in [1.29, 1.82) is 0 Å². The first-order valence-electron chi connectivity index (χ1n) is 7.17. The third-order valence-electron chi connectivity index (χ3n) is 3.32. The topological polar surface area (TPSA) is 43.4 Å². The molecule has 0 bridgehead atoms. The van der Waals surface area contributed by atoms with Gasteiger partial charge in [0, 0.05) is 25.0 Å². The summed E-state index contributed by atoms with van der Waals surface area (Å²) in [5, 5.41) is 3.48. The quantitative estimate of drug-likeness (QED) is 0.847. The van der Waals surface area contributed by atoms with E-state index in [1.54, 1.807) is 13.3 Å². The fraction of sp³-hybridized carbons (Fsp3) is 0.353. The maximum atomic E-state index is 5.52. The van der Waals surface area contributed by atoms with Gasteiger partial charge in [-0.25, -0.2) is 0 Å². The molecule has 1 aromatic heterocycles. The van der Waals surface area contributed by atoms with Gasteiger partial charge in [0.25, 0.3) is 0 Å². The second-order valence-electron chi connectivity index (χ2n) is 4.81. The Kier molecular flexibility index (Phi) is 5.58. The first-order valence-corrected chi connectivity index (χ1v) is 7.17. The lowest BCUT2D eigenvalue weighted by Gasteiger charge is -2.15. The fourth-order valence-electron chi connectivity index (χ4n) is 2.12. The number of rotatable bonds is 7. The lowest BCUT2D eigenvalue weighted by Crippen LogP contribution is -2.18. The summed E-state index contributed by atoms with van der Waals surface area (Å²) < 4.78 is 10.9. The zero-order chi connectivity index (χ0) is 15.1. The Morgan fingerprint density at radius 1 is 1.24 bits per heavy atom. The van der Waals surface area contributed by atoms with Crippen molar-refractivity contribution in [2.75, 3.05) is 13.7 Å². The summed E-state index contributed by atoms with van der Waals surface area (Å²) in [6.07, 6.45) is 3.67. The number of ether oxygens (including phenoxy) is 2. The highest BCUT2D eigenvalue weighted by molar-refractivity contribution is 5.43. The molecular formula is C17H22N2O2. The highest BCUT2D eigenvalue weighted by atomic mass is 16.5. The van der Waals surface area contributed by atoms with Crippen molar-refractivity contribution >= 4 is 0 Å². The van der Waals surface area contributed by atoms with Crippen LogP contribution in [0.25, 0.3) is 0 Å². The molecule has 1 heterocycles. The van der Waals surface area contributed by atoms with E-state index in [0.29, 0.717) is 6.61 Å². The number of nitrogens with zero attached hydrogens (tertiary/aromatic N) is 1. The normalized spacial score (nSPS) is 12.0. The average molecular weight is 286 g/mol. The van der Waals surface area contributed by atoms with E-state index in [2.05, 4.69) is 29.4 Å². The first kappa shape index (κ1) is 15.3. The molecule has 4 heteroatoms. The Balaban J connectivity index is 2.00. The maximum absolute atomic E-state index is 5.52. The fourth-order valence-corrected chi connectivity index (χ4v) is 2.12. The summed E-state index contributed by atoms with van der Waals surface area (Å²) in [6, 6.07) is 10.3. The molecule has 0 fully saturated rings. The molecule has 0 unspecified atom stereocenters. The molecule has 0 aliphatic rings. The summed E-state index contributed by atoms with van der Waals surface area (Å²) >= 11 is 0. The smallest absolute Gasteiger partial charge is 0.161 e. The van der Waals surface area contributed by atoms with Crippen molar-refractivity contribution in [1.82, 2.24) is 10.3 Å². The van der Waals surface area contributed by atoms with Crippen molar-refractivity contribution in [2.24, 2.45) is 0 Å². The minimum atomic E-state index is 0.247. The van der Waals surface area contributed by atoms with E-state index >= 15 is 0 Å². The highest BCUT2D eigenvalue weighted by Gasteiger charge is 2.08. The van der Waals surface area contributed by atoms with Gasteiger partial charge >= 0.3 is 0 Å². The predicted molar refractivity (Wildman–Crippen MR) is 83.7 cm³/mol. The van der Waals surface area contributed by atoms with Crippen molar-refractivity contribution in [3.8, 4) is 11.5 Å². The largest absolute Gasteiger partial charge is 0.493 e. The average Bonchev–Trinajstić information content (AvgIpc) is 2.54. The van der Waals surface area contributed by atoms with Gasteiger partial charge in [0.15, 0.2) is 11.5 Å². The molecule has 1 atom stereocenters. The zero-order valence-corrected chi connectivity index (χ0v) is 12.8. The van der Waals surface area contributed by atoms with Crippen LogP contribution in [0.2, 0.25) is 0 Å². The van der Waals surface area contributed by atoms with Gasteiger partial charge in [-0.1, -0.05) is 12.1 Å². The molecule has 0 spiro atoms. The van der Waals surface area contributed by atoms with Gasteiger partial charge in [-0.3, -0.25) is 4.98 Å². The van der Waals surface area contributed by atoms with Gasteiger partial charge in [-0.05, 0) is 43.2 Å². The molecule has 0 radical (unpaired) electrons. The van der Waals surface area contributed by atoms with Gasteiger partial charge < -0.3 is 14.8 Å². The molecule has 112 valence electrons. The predicted octanol–water partition coefficient (Wildman–Crippen LogP) is 3.34. The Hall–Kier alpha value is -2.07. The standard InChI is InChI=1S/C17H22N2O2/c1-4-21-16-8-7-14(10-17(16)20-3)11-19-13(2)15-6-5-9-18-12-15/h5-10,12-13,19H,4,11H2,1-3H3/t13-/m1/s1. The SMILES string of the molecule is CCOc1ccc(CN[C@H](C)c2cccnc2)cc1OC. The van der Waals surface area contributed by atoms with Crippen LogP contribution in [-0.2, 0) is 6.54 Å². The number of nitrogens with one attached hydrogen (secondary N) is 1. The van der Waals surface area contributed by atoms with E-state index in [1.807, 2.05) is 31.3 Å². The van der Waals surface area contributed by atoms with Crippen LogP contribution < -0.4 is 14.8 Å². The van der Waals surface area contributed by atoms with Crippen LogP contribution >= 0.6 is 0 Å². The number of aromatic nitrogens is 1. The van der Waals surface area contributed by atoms with Crippen LogP contribution in [-0.4, -0.2) is 18.7 Å². The number of hydrogen-bond donors (Lipinski definition) is 1. The summed E-state index contributed by atoms with van der Waals surface area (Å²) in [5.74, 6) is 1.55. The van der Waals surface area contributed by atoms with E-state index in [1.165, 1.54) is 5.56 Å². The lowest BCUT2D eigenvalue weighted by atomic mass is 10.1. The molecule has 2 rings (SSSR count). The van der Waals surface area contributed by atoms with Crippen LogP contribution in [0.1, 0.15) is 31.0 Å². The molecule has 0 aliphatic heterocycles. The van der Waals surface area contributed by atoms with Gasteiger partial charge in [0.1, 0.15) is 0 Å². The number of methoxy groups -OCH3 is 1. The number of benzene rings is 1. The molecule has 4 nitrogen and oxygen atoms in total. The Morgan fingerprint density at radius 3 is 2.76 bits per heavy atom. The third kappa shape index (κ3) is 4.20. The van der Waals surface area contributed by atoms with Gasteiger partial charge in [0.05, 0.1) is 13.7 Å². The van der Waals surface area contributed by atoms with Crippen molar-refractivity contribution < 1.29 is 9.47 Å². The Morgan fingerprint density at radius 2 is 2.10 bits per heavy atom. The van der Waals surface area contributed by atoms with Gasteiger partial charge in [-0.15, -0.1) is 0 Å². The molecule has 0 aliphatic carbocycles. The summed E-state index contributed by atoms with van der Waals surface area (Å²) in [7, 11) is 1.66. The summed E-state index contributed by atoms with van der Waals surface area (Å²) in [4.78, 5) is 4.14. The zero-order valence-electron chi connectivity index (χ0n) is 12.8. The van der Waals surface area contributed by atoms with E-state index in [4.69, 9.17) is 9.47 Å². The minimum absolute atomic E-state index is 0.247. The Bertz CT molecular complexity index is 558. The number of hydrogen-bond acceptors (Lipinski definition) is 4. The van der Waals surface area contributed by atoms with E-state index < -0.39 is 0 Å². The van der Waals surface area contributed by atoms with Gasteiger partial charge in [-0.2, -0.15) is 0 Å². The minimum Gasteiger partial charge on any atom is -0.493 e. The van der Waals surface area contributed by atoms with Crippen LogP contribution in [0.3, 0.4) is 0 Å². The molecule has 1 N–H and O–H groups in total. The molecule has 1 aromatic carbocycles. The molecule has 0 saturated heterocycles. The highest BCUT2D eigenvalue weighted by Crippen LogP contribution is 2.28. The molecule has 0 amide bonds. The molecule has 21 heavy (non-hydrogen) atoms. The number of pyridine rings is 1. The molecule has 0 saturated carbocycles. The van der Waals surface area contributed by atoms with Crippen molar-refractivity contribution in [3.05, 3.63) is 53.9 Å². The summed E-state index contributed by atoms with van der Waals surface area (Å²) in [6.45, 7) is 5.48. The second kappa shape index (κ2) is 7.64. The van der Waals surface area contributed by atoms with Crippen LogP contribution in [0.15, 0.2) is 42.7 Å². The third-order valence-corrected chi connectivity index (χ3v) is 3.32. The van der Waals surface area contributed by atoms with E-state index in [0.717, 1.165) is 23.6 Å². The second-order valence-corrected chi connectivity index (χ2v) is 4.81. The van der Waals surface area contributed by atoms with Crippen LogP contribution in [0.4, 0.5) is 0 Å². The lowest BCUT2D eigenvalue weighted by molar-refractivity contribution is 0.310. The van der Waals surface area contributed by atoms with Crippen LogP contribution in [0, 0.1) is 0 Å². The van der Waals surface area contributed by atoms with E-state index in [-0.39, 0.29) is 6.04 Å². The molecular weight excluding hydrogens is 264 g/mol. The van der Waals surface area contributed by atoms with Gasteiger partial charge in [0.2, 0.25) is 0 Å². The molecule has 2 aromatic rings. The maximum Gasteiger partial charge on any atom is 0.161 e. The Labute approximate surface area is 126 Å². The van der Waals surface area contributed by atoms with Crippen molar-refractivity contribution in [3.63, 3.8) is 0 Å². The van der Waals surface area contributed by atoms with Crippen molar-refractivity contribution in [2.45, 2.75) is 26.4 Å². The monoisotopic (exact) mass is 286 g/mol. The van der Waals surface area contributed by atoms with Crippen LogP contribution in [0.5, 0.6) is 11.5 Å². The van der Waals surface area contributed by atoms with E-state index in [9.17, 15) is 0 Å². The summed E-state index contributed by atoms with van der Waals surface area (Å²) in [5.41, 5.74) is 2.33.